The summed E-state index contributed by atoms with van der Waals surface area (Å²) in [7, 11) is 0. The van der Waals surface area contributed by atoms with Crippen LogP contribution in [0.1, 0.15) is 44.5 Å². The van der Waals surface area contributed by atoms with E-state index in [4.69, 9.17) is 0 Å². The van der Waals surface area contributed by atoms with Crippen molar-refractivity contribution < 1.29 is 0 Å². The first-order valence-corrected chi connectivity index (χ1v) is 24.0. The van der Waals surface area contributed by atoms with E-state index in [9.17, 15) is 0 Å². The van der Waals surface area contributed by atoms with Gasteiger partial charge in [-0.05, 0) is 114 Å². The van der Waals surface area contributed by atoms with Crippen molar-refractivity contribution in [3.63, 3.8) is 0 Å². The normalized spacial score (nSPS) is 13.4. The topological polar surface area (TPSA) is 3.24 Å². The monoisotopic (exact) mass is 877 g/mol. The van der Waals surface area contributed by atoms with Gasteiger partial charge in [0.05, 0.1) is 16.5 Å². The third-order valence-corrected chi connectivity index (χ3v) is 14.8. The van der Waals surface area contributed by atoms with Crippen LogP contribution in [0.25, 0.3) is 44.5 Å². The molecule has 0 bridgehead atoms. The average Bonchev–Trinajstić information content (AvgIpc) is 3.90. The molecule has 0 saturated carbocycles. The van der Waals surface area contributed by atoms with Gasteiger partial charge < -0.3 is 4.90 Å². The molecule has 0 atom stereocenters. The van der Waals surface area contributed by atoms with E-state index in [2.05, 4.69) is 290 Å². The summed E-state index contributed by atoms with van der Waals surface area (Å²) >= 11 is 0. The van der Waals surface area contributed by atoms with Crippen molar-refractivity contribution in [3.05, 3.63) is 330 Å². The summed E-state index contributed by atoms with van der Waals surface area (Å²) in [6, 6.07) is 106. The Bertz CT molecular complexity index is 3550. The maximum atomic E-state index is 2.58. The number of rotatable bonds is 9. The minimum Gasteiger partial charge on any atom is -0.310 e. The van der Waals surface area contributed by atoms with Crippen molar-refractivity contribution in [1.82, 2.24) is 0 Å². The van der Waals surface area contributed by atoms with Crippen molar-refractivity contribution in [1.29, 1.82) is 0 Å². The molecule has 11 aromatic rings. The van der Waals surface area contributed by atoms with Crippen molar-refractivity contribution in [3.8, 4) is 44.5 Å². The van der Waals surface area contributed by atoms with E-state index in [-0.39, 0.29) is 0 Å². The van der Waals surface area contributed by atoms with Crippen molar-refractivity contribution in [2.45, 2.75) is 10.8 Å². The Morgan fingerprint density at radius 1 is 0.217 bits per heavy atom. The highest BCUT2D eigenvalue weighted by Gasteiger charge is 2.50. The molecule has 11 aromatic carbocycles. The minimum atomic E-state index is -0.670. The van der Waals surface area contributed by atoms with E-state index in [1.165, 1.54) is 89.0 Å². The first-order chi connectivity index (χ1) is 34.2. The minimum absolute atomic E-state index is 0.549. The fourth-order valence-corrected chi connectivity index (χ4v) is 12.0. The largest absolute Gasteiger partial charge is 0.310 e. The summed E-state index contributed by atoms with van der Waals surface area (Å²) in [4.78, 5) is 2.46. The molecule has 0 aliphatic heterocycles. The predicted octanol–water partition coefficient (Wildman–Crippen LogP) is 17.2. The van der Waals surface area contributed by atoms with Gasteiger partial charge in [-0.25, -0.2) is 0 Å². The maximum Gasteiger partial charge on any atom is 0.0714 e. The van der Waals surface area contributed by atoms with Crippen LogP contribution >= 0.6 is 0 Å². The lowest BCUT2D eigenvalue weighted by Gasteiger charge is -2.37. The molecule has 13 rings (SSSR count). The Balaban J connectivity index is 1.09. The molecule has 0 saturated heterocycles. The molecule has 2 aliphatic rings. The van der Waals surface area contributed by atoms with Crippen LogP contribution in [0.3, 0.4) is 0 Å². The molecule has 324 valence electrons. The summed E-state index contributed by atoms with van der Waals surface area (Å²) < 4.78 is 0. The maximum absolute atomic E-state index is 2.58. The predicted molar refractivity (Wildman–Crippen MR) is 287 cm³/mol. The molecule has 0 unspecified atom stereocenters. The lowest BCUT2D eigenvalue weighted by molar-refractivity contribution is 0.742. The zero-order chi connectivity index (χ0) is 45.8. The van der Waals surface area contributed by atoms with Gasteiger partial charge >= 0.3 is 0 Å². The molecule has 1 heteroatoms. The first-order valence-electron chi connectivity index (χ1n) is 24.0. The third-order valence-electron chi connectivity index (χ3n) is 14.8. The average molecular weight is 878 g/mol. The van der Waals surface area contributed by atoms with Gasteiger partial charge in [0.15, 0.2) is 0 Å². The molecule has 0 aromatic heterocycles. The van der Waals surface area contributed by atoms with Gasteiger partial charge in [0.25, 0.3) is 0 Å². The lowest BCUT2D eigenvalue weighted by Crippen LogP contribution is -2.31. The second-order valence-corrected chi connectivity index (χ2v) is 18.3. The quantitative estimate of drug-likeness (QED) is 0.140. The van der Waals surface area contributed by atoms with E-state index >= 15 is 0 Å². The zero-order valence-corrected chi connectivity index (χ0v) is 38.1. The van der Waals surface area contributed by atoms with Crippen LogP contribution in [0.2, 0.25) is 0 Å². The number of nitrogens with zero attached hydrogens (tertiary/aromatic N) is 1. The number of hydrogen-bond acceptors (Lipinski definition) is 1. The molecule has 0 radical (unpaired) electrons. The smallest absolute Gasteiger partial charge is 0.0714 e. The number of anilines is 3. The van der Waals surface area contributed by atoms with Gasteiger partial charge in [-0.2, -0.15) is 0 Å². The molecule has 1 nitrogen and oxygen atoms in total. The molecule has 0 amide bonds. The Hall–Kier alpha value is -8.78. The summed E-state index contributed by atoms with van der Waals surface area (Å²) in [6.07, 6.45) is 0. The van der Waals surface area contributed by atoms with Crippen molar-refractivity contribution in [2.24, 2.45) is 0 Å². The summed E-state index contributed by atoms with van der Waals surface area (Å²) in [6.45, 7) is 0. The second-order valence-electron chi connectivity index (χ2n) is 18.3. The summed E-state index contributed by atoms with van der Waals surface area (Å²) in [5.74, 6) is 0. The van der Waals surface area contributed by atoms with Gasteiger partial charge in [0.1, 0.15) is 0 Å². The van der Waals surface area contributed by atoms with E-state index in [1.54, 1.807) is 0 Å². The third kappa shape index (κ3) is 6.24. The molecule has 69 heavy (non-hydrogen) atoms. The Morgan fingerprint density at radius 2 is 0.594 bits per heavy atom. The van der Waals surface area contributed by atoms with Gasteiger partial charge in [-0.3, -0.25) is 0 Å². The Morgan fingerprint density at radius 3 is 1.14 bits per heavy atom. The Labute approximate surface area is 404 Å². The second kappa shape index (κ2) is 16.5. The highest BCUT2D eigenvalue weighted by atomic mass is 15.1. The molecule has 0 spiro atoms. The van der Waals surface area contributed by atoms with Crippen LogP contribution in [-0.2, 0) is 10.8 Å². The molecular formula is C68H47N. The van der Waals surface area contributed by atoms with Crippen LogP contribution in [0.4, 0.5) is 17.1 Å². The van der Waals surface area contributed by atoms with E-state index in [1.807, 2.05) is 0 Å². The van der Waals surface area contributed by atoms with E-state index < -0.39 is 10.8 Å². The highest BCUT2D eigenvalue weighted by molar-refractivity contribution is 5.94. The number of fused-ring (bicyclic) bond motifs is 6. The van der Waals surface area contributed by atoms with Gasteiger partial charge in [0, 0.05) is 16.9 Å². The summed E-state index contributed by atoms with van der Waals surface area (Å²) in [5.41, 5.74) is 22.0. The van der Waals surface area contributed by atoms with Crippen LogP contribution in [0, 0.1) is 0 Å². The van der Waals surface area contributed by atoms with Gasteiger partial charge in [-0.15, -0.1) is 0 Å². The first kappa shape index (κ1) is 40.5. The van der Waals surface area contributed by atoms with Crippen molar-refractivity contribution in [2.75, 3.05) is 4.90 Å². The number of hydrogen-bond donors (Lipinski definition) is 0. The SMILES string of the molecule is c1ccc(-c2ccc(N(c3ccc4c(c3)C(c3ccccc3)(c3ccccc3)c3cc(C5(c6ccccc6)c6ccccc6-c6ccccc65)ccc3-4)c3ccccc3-c3ccccc3)cc2)cc1. The lowest BCUT2D eigenvalue weighted by atomic mass is 9.64. The van der Waals surface area contributed by atoms with Crippen LogP contribution in [-0.4, -0.2) is 0 Å². The molecule has 0 fully saturated rings. The molecular weight excluding hydrogens is 831 g/mol. The number of benzene rings is 11. The zero-order valence-electron chi connectivity index (χ0n) is 38.1. The van der Waals surface area contributed by atoms with Gasteiger partial charge in [-0.1, -0.05) is 255 Å². The standard InChI is InChI=1S/C68H47N/c1-6-22-48(23-7-1)49-38-41-55(42-39-49)69(66-37-21-18-32-57(66)50-24-8-2-9-25-50)56-43-45-61-60-44-40-54(46-64(60)67(65(61)47-56,51-26-10-3-11-27-51)52-28-12-4-13-29-52)68(53-30-14-5-15-31-53)62-35-19-16-33-58(62)59-34-17-20-36-63(59)68/h1-47H. The van der Waals surface area contributed by atoms with Crippen LogP contribution in [0.5, 0.6) is 0 Å². The van der Waals surface area contributed by atoms with E-state index in [0.29, 0.717) is 0 Å². The fraction of sp³-hybridized carbons (Fsp3) is 0.0294. The fourth-order valence-electron chi connectivity index (χ4n) is 12.0. The van der Waals surface area contributed by atoms with Gasteiger partial charge in [0.2, 0.25) is 0 Å². The highest BCUT2D eigenvalue weighted by Crippen LogP contribution is 2.61. The number of para-hydroxylation sites is 1. The molecule has 0 heterocycles. The van der Waals surface area contributed by atoms with Crippen molar-refractivity contribution >= 4 is 17.1 Å². The summed E-state index contributed by atoms with van der Waals surface area (Å²) in [5, 5.41) is 0. The molecule has 2 aliphatic carbocycles. The molecule has 0 N–H and O–H groups in total. The van der Waals surface area contributed by atoms with Crippen LogP contribution < -0.4 is 4.90 Å². The van der Waals surface area contributed by atoms with Crippen LogP contribution in [0.15, 0.2) is 285 Å². The Kier molecular flexibility index (Phi) is 9.70. The van der Waals surface area contributed by atoms with E-state index in [0.717, 1.165) is 17.1 Å².